The van der Waals surface area contributed by atoms with Crippen LogP contribution in [0.25, 0.3) is 5.69 Å². The molecule has 19 heavy (non-hydrogen) atoms. The summed E-state index contributed by atoms with van der Waals surface area (Å²) in [7, 11) is 1.69. The van der Waals surface area contributed by atoms with E-state index in [4.69, 9.17) is 27.9 Å². The number of benzene rings is 1. The van der Waals surface area contributed by atoms with Crippen LogP contribution in [0.15, 0.2) is 30.6 Å². The second-order valence-electron chi connectivity index (χ2n) is 3.99. The molecule has 0 bridgehead atoms. The number of nitrogens with one attached hydrogen (secondary N) is 1. The van der Waals surface area contributed by atoms with Gasteiger partial charge < -0.3 is 10.1 Å². The Morgan fingerprint density at radius 3 is 2.95 bits per heavy atom. The fourth-order valence-corrected chi connectivity index (χ4v) is 2.22. The second-order valence-corrected chi connectivity index (χ2v) is 4.83. The molecule has 0 saturated heterocycles. The van der Waals surface area contributed by atoms with E-state index < -0.39 is 0 Å². The van der Waals surface area contributed by atoms with Crippen molar-refractivity contribution in [1.29, 1.82) is 0 Å². The summed E-state index contributed by atoms with van der Waals surface area (Å²) in [4.78, 5) is 4.27. The van der Waals surface area contributed by atoms with Gasteiger partial charge in [-0.2, -0.15) is 0 Å². The third kappa shape index (κ3) is 3.62. The number of ether oxygens (including phenoxy) is 1. The Hall–Kier alpha value is -1.23. The van der Waals surface area contributed by atoms with E-state index in [0.29, 0.717) is 10.0 Å². The van der Waals surface area contributed by atoms with Crippen molar-refractivity contribution in [1.82, 2.24) is 9.55 Å². The first kappa shape index (κ1) is 14.2. The normalized spacial score (nSPS) is 10.7. The molecule has 1 aromatic heterocycles. The monoisotopic (exact) mass is 299 g/mol. The molecule has 1 N–H and O–H groups in total. The van der Waals surface area contributed by atoms with Gasteiger partial charge in [0, 0.05) is 37.7 Å². The SMILES string of the molecule is COCCCNc1nccn1-c1ccc(Cl)cc1Cl. The number of halogens is 2. The van der Waals surface area contributed by atoms with Gasteiger partial charge in [-0.3, -0.25) is 4.57 Å². The molecule has 0 aliphatic heterocycles. The van der Waals surface area contributed by atoms with Gasteiger partial charge >= 0.3 is 0 Å². The predicted octanol–water partition coefficient (Wildman–Crippen LogP) is 3.63. The van der Waals surface area contributed by atoms with E-state index >= 15 is 0 Å². The van der Waals surface area contributed by atoms with Crippen LogP contribution in [0.5, 0.6) is 0 Å². The van der Waals surface area contributed by atoms with Crippen LogP contribution < -0.4 is 5.32 Å². The molecule has 6 heteroatoms. The Morgan fingerprint density at radius 1 is 1.37 bits per heavy atom. The Kier molecular flexibility index (Phi) is 5.07. The minimum absolute atomic E-state index is 0.588. The van der Waals surface area contributed by atoms with Crippen LogP contribution in [-0.4, -0.2) is 29.8 Å². The zero-order valence-electron chi connectivity index (χ0n) is 10.6. The molecular formula is C13H15Cl2N3O. The minimum Gasteiger partial charge on any atom is -0.385 e. The van der Waals surface area contributed by atoms with Gasteiger partial charge in [0.15, 0.2) is 0 Å². The highest BCUT2D eigenvalue weighted by Gasteiger charge is 2.08. The number of nitrogens with zero attached hydrogens (tertiary/aromatic N) is 2. The maximum atomic E-state index is 6.20. The van der Waals surface area contributed by atoms with Gasteiger partial charge in [0.25, 0.3) is 0 Å². The summed E-state index contributed by atoms with van der Waals surface area (Å²) >= 11 is 12.1. The summed E-state index contributed by atoms with van der Waals surface area (Å²) in [5, 5.41) is 4.45. The third-order valence-electron chi connectivity index (χ3n) is 2.62. The van der Waals surface area contributed by atoms with Crippen molar-refractivity contribution in [3.63, 3.8) is 0 Å². The summed E-state index contributed by atoms with van der Waals surface area (Å²) in [5.74, 6) is 0.750. The summed E-state index contributed by atoms with van der Waals surface area (Å²) in [6, 6.07) is 5.39. The van der Waals surface area contributed by atoms with Crippen LogP contribution in [0.2, 0.25) is 10.0 Å². The molecule has 1 aromatic carbocycles. The molecule has 4 nitrogen and oxygen atoms in total. The van der Waals surface area contributed by atoms with Gasteiger partial charge in [0.2, 0.25) is 5.95 Å². The van der Waals surface area contributed by atoms with Gasteiger partial charge in [-0.15, -0.1) is 0 Å². The van der Waals surface area contributed by atoms with Gasteiger partial charge in [0.1, 0.15) is 0 Å². The van der Waals surface area contributed by atoms with Crippen molar-refractivity contribution in [2.75, 3.05) is 25.6 Å². The highest BCUT2D eigenvalue weighted by Crippen LogP contribution is 2.26. The number of hydrogen-bond donors (Lipinski definition) is 1. The fraction of sp³-hybridized carbons (Fsp3) is 0.308. The van der Waals surface area contributed by atoms with E-state index in [1.165, 1.54) is 0 Å². The molecule has 0 unspecified atom stereocenters. The fourth-order valence-electron chi connectivity index (χ4n) is 1.72. The van der Waals surface area contributed by atoms with Crippen LogP contribution in [-0.2, 0) is 4.74 Å². The van der Waals surface area contributed by atoms with Crippen molar-refractivity contribution in [3.05, 3.63) is 40.6 Å². The average Bonchev–Trinajstić information content (AvgIpc) is 2.83. The maximum absolute atomic E-state index is 6.20. The molecule has 1 heterocycles. The Bertz CT molecular complexity index is 542. The lowest BCUT2D eigenvalue weighted by atomic mass is 10.3. The minimum atomic E-state index is 0.588. The lowest BCUT2D eigenvalue weighted by Gasteiger charge is -2.11. The first-order valence-electron chi connectivity index (χ1n) is 5.94. The lowest BCUT2D eigenvalue weighted by Crippen LogP contribution is -2.09. The number of aromatic nitrogens is 2. The summed E-state index contributed by atoms with van der Waals surface area (Å²) in [6.45, 7) is 1.51. The summed E-state index contributed by atoms with van der Waals surface area (Å²) in [6.07, 6.45) is 4.50. The number of methoxy groups -OCH3 is 1. The Morgan fingerprint density at radius 2 is 2.21 bits per heavy atom. The molecule has 0 spiro atoms. The summed E-state index contributed by atoms with van der Waals surface area (Å²) in [5.41, 5.74) is 0.845. The molecule has 2 aromatic rings. The van der Waals surface area contributed by atoms with Gasteiger partial charge in [0.05, 0.1) is 10.7 Å². The van der Waals surface area contributed by atoms with E-state index in [2.05, 4.69) is 10.3 Å². The predicted molar refractivity (Wildman–Crippen MR) is 78.6 cm³/mol. The van der Waals surface area contributed by atoms with Crippen molar-refractivity contribution in [3.8, 4) is 5.69 Å². The third-order valence-corrected chi connectivity index (χ3v) is 3.16. The zero-order chi connectivity index (χ0) is 13.7. The lowest BCUT2D eigenvalue weighted by molar-refractivity contribution is 0.197. The van der Waals surface area contributed by atoms with E-state index in [-0.39, 0.29) is 0 Å². The van der Waals surface area contributed by atoms with Crippen LogP contribution >= 0.6 is 23.2 Å². The Balaban J connectivity index is 2.14. The molecule has 0 fully saturated rings. The highest BCUT2D eigenvalue weighted by molar-refractivity contribution is 6.35. The number of imidazole rings is 1. The molecule has 102 valence electrons. The summed E-state index contributed by atoms with van der Waals surface area (Å²) < 4.78 is 6.90. The topological polar surface area (TPSA) is 39.1 Å². The molecule has 0 aliphatic carbocycles. The van der Waals surface area contributed by atoms with Gasteiger partial charge in [-0.05, 0) is 24.6 Å². The van der Waals surface area contributed by atoms with Crippen LogP contribution in [0.1, 0.15) is 6.42 Å². The molecule has 0 amide bonds. The molecule has 2 rings (SSSR count). The largest absolute Gasteiger partial charge is 0.385 e. The second kappa shape index (κ2) is 6.80. The van der Waals surface area contributed by atoms with E-state index in [9.17, 15) is 0 Å². The highest BCUT2D eigenvalue weighted by atomic mass is 35.5. The van der Waals surface area contributed by atoms with Crippen LogP contribution in [0.4, 0.5) is 5.95 Å². The van der Waals surface area contributed by atoms with Crippen molar-refractivity contribution in [2.24, 2.45) is 0 Å². The molecular weight excluding hydrogens is 285 g/mol. The van der Waals surface area contributed by atoms with E-state index in [1.807, 2.05) is 16.8 Å². The molecule has 0 radical (unpaired) electrons. The number of hydrogen-bond acceptors (Lipinski definition) is 3. The quantitative estimate of drug-likeness (QED) is 0.828. The Labute approximate surface area is 122 Å². The van der Waals surface area contributed by atoms with Gasteiger partial charge in [-0.1, -0.05) is 23.2 Å². The molecule has 0 atom stereocenters. The smallest absolute Gasteiger partial charge is 0.207 e. The average molecular weight is 300 g/mol. The van der Waals surface area contributed by atoms with Crippen molar-refractivity contribution in [2.45, 2.75) is 6.42 Å². The maximum Gasteiger partial charge on any atom is 0.207 e. The van der Waals surface area contributed by atoms with Crippen LogP contribution in [0.3, 0.4) is 0 Å². The van der Waals surface area contributed by atoms with E-state index in [0.717, 1.165) is 31.2 Å². The zero-order valence-corrected chi connectivity index (χ0v) is 12.1. The van der Waals surface area contributed by atoms with Crippen molar-refractivity contribution < 1.29 is 4.74 Å². The standard InChI is InChI=1S/C13H15Cl2N3O/c1-19-8-2-5-16-13-17-6-7-18(13)12-4-3-10(14)9-11(12)15/h3-4,6-7,9H,2,5,8H2,1H3,(H,16,17). The first-order chi connectivity index (χ1) is 9.22. The van der Waals surface area contributed by atoms with E-state index in [1.54, 1.807) is 25.4 Å². The number of anilines is 1. The van der Waals surface area contributed by atoms with Gasteiger partial charge in [-0.25, -0.2) is 4.98 Å². The van der Waals surface area contributed by atoms with Crippen molar-refractivity contribution >= 4 is 29.2 Å². The van der Waals surface area contributed by atoms with Crippen LogP contribution in [0, 0.1) is 0 Å². The first-order valence-corrected chi connectivity index (χ1v) is 6.69. The number of rotatable bonds is 6. The molecule has 0 aliphatic rings. The molecule has 0 saturated carbocycles.